The van der Waals surface area contributed by atoms with E-state index in [0.29, 0.717) is 18.7 Å². The van der Waals surface area contributed by atoms with Crippen LogP contribution in [0.3, 0.4) is 0 Å². The summed E-state index contributed by atoms with van der Waals surface area (Å²) in [6.45, 7) is 2.43. The Morgan fingerprint density at radius 2 is 2.10 bits per heavy atom. The molecule has 1 unspecified atom stereocenters. The number of rotatable bonds is 3. The summed E-state index contributed by atoms with van der Waals surface area (Å²) < 4.78 is 27.5. The lowest BCUT2D eigenvalue weighted by atomic mass is 9.98. The highest BCUT2D eigenvalue weighted by molar-refractivity contribution is 5.95. The number of amides is 1. The molecule has 1 aliphatic rings. The summed E-state index contributed by atoms with van der Waals surface area (Å²) in [4.78, 5) is 23.5. The van der Waals surface area contributed by atoms with Gasteiger partial charge in [0, 0.05) is 12.6 Å². The largest absolute Gasteiger partial charge is 0.336 e. The number of piperidine rings is 1. The van der Waals surface area contributed by atoms with Crippen molar-refractivity contribution in [2.24, 2.45) is 0 Å². The molecule has 1 aliphatic heterocycles. The number of hydrogen-bond acceptors (Lipinski definition) is 3. The van der Waals surface area contributed by atoms with Gasteiger partial charge in [0.05, 0.1) is 16.6 Å². The van der Waals surface area contributed by atoms with Gasteiger partial charge in [0.15, 0.2) is 0 Å². The number of likely N-dealkylation sites (tertiary alicyclic amines) is 1. The Morgan fingerprint density at radius 1 is 1.38 bits per heavy atom. The predicted molar refractivity (Wildman–Crippen MR) is 72.0 cm³/mol. The molecule has 0 N–H and O–H groups in total. The molecule has 1 aromatic rings. The van der Waals surface area contributed by atoms with Gasteiger partial charge in [0.25, 0.3) is 5.91 Å². The van der Waals surface area contributed by atoms with Crippen molar-refractivity contribution in [2.75, 3.05) is 6.54 Å². The van der Waals surface area contributed by atoms with Crippen LogP contribution in [0.5, 0.6) is 0 Å². The van der Waals surface area contributed by atoms with E-state index in [1.807, 2.05) is 6.92 Å². The number of nitro benzene ring substituents is 1. The fourth-order valence-corrected chi connectivity index (χ4v) is 2.69. The molecule has 1 atom stereocenters. The van der Waals surface area contributed by atoms with Crippen LogP contribution in [-0.4, -0.2) is 28.3 Å². The third kappa shape index (κ3) is 3.01. The van der Waals surface area contributed by atoms with Gasteiger partial charge in [-0.05, 0) is 31.7 Å². The van der Waals surface area contributed by atoms with Crippen molar-refractivity contribution in [3.8, 4) is 0 Å². The number of hydrogen-bond donors (Lipinski definition) is 0. The topological polar surface area (TPSA) is 63.5 Å². The van der Waals surface area contributed by atoms with Crippen LogP contribution in [0.15, 0.2) is 12.1 Å². The van der Waals surface area contributed by atoms with Gasteiger partial charge in [-0.3, -0.25) is 14.9 Å². The minimum Gasteiger partial charge on any atom is -0.336 e. The van der Waals surface area contributed by atoms with E-state index < -0.39 is 33.7 Å². The second-order valence-electron chi connectivity index (χ2n) is 5.10. The molecule has 0 radical (unpaired) electrons. The number of carbonyl (C=O) groups is 1. The Hall–Kier alpha value is -2.05. The number of benzene rings is 1. The minimum atomic E-state index is -1.20. The molecule has 0 spiro atoms. The lowest BCUT2D eigenvalue weighted by molar-refractivity contribution is -0.387. The van der Waals surface area contributed by atoms with Gasteiger partial charge in [-0.15, -0.1) is 0 Å². The molecular weight excluding hydrogens is 282 g/mol. The van der Waals surface area contributed by atoms with Crippen molar-refractivity contribution in [3.05, 3.63) is 39.4 Å². The van der Waals surface area contributed by atoms with Crippen molar-refractivity contribution in [3.63, 3.8) is 0 Å². The summed E-state index contributed by atoms with van der Waals surface area (Å²) in [5, 5.41) is 10.6. The van der Waals surface area contributed by atoms with E-state index in [4.69, 9.17) is 0 Å². The smallest absolute Gasteiger partial charge is 0.307 e. The SMILES string of the molecule is CCC1CCCCN1C(=O)c1cc(F)c([N+](=O)[O-])cc1F. The summed E-state index contributed by atoms with van der Waals surface area (Å²) in [5.41, 5.74) is -1.41. The summed E-state index contributed by atoms with van der Waals surface area (Å²) >= 11 is 0. The second kappa shape index (κ2) is 6.15. The van der Waals surface area contributed by atoms with Crippen molar-refractivity contribution >= 4 is 11.6 Å². The van der Waals surface area contributed by atoms with Gasteiger partial charge in [-0.2, -0.15) is 4.39 Å². The average molecular weight is 298 g/mol. The van der Waals surface area contributed by atoms with Gasteiger partial charge in [-0.1, -0.05) is 6.92 Å². The van der Waals surface area contributed by atoms with E-state index in [1.165, 1.54) is 4.90 Å². The molecule has 114 valence electrons. The first-order chi connectivity index (χ1) is 9.95. The molecular formula is C14H16F2N2O3. The Bertz CT molecular complexity index is 578. The van der Waals surface area contributed by atoms with Crippen molar-refractivity contribution < 1.29 is 18.5 Å². The van der Waals surface area contributed by atoms with Crippen LogP contribution < -0.4 is 0 Å². The van der Waals surface area contributed by atoms with Gasteiger partial charge in [-0.25, -0.2) is 4.39 Å². The Labute approximate surface area is 120 Å². The minimum absolute atomic E-state index is 0.00361. The number of nitro groups is 1. The maximum absolute atomic E-state index is 13.9. The van der Waals surface area contributed by atoms with Crippen molar-refractivity contribution in [2.45, 2.75) is 38.6 Å². The average Bonchev–Trinajstić information content (AvgIpc) is 2.48. The first kappa shape index (κ1) is 15.3. The maximum Gasteiger partial charge on any atom is 0.307 e. The molecule has 1 saturated heterocycles. The number of nitrogens with zero attached hydrogens (tertiary/aromatic N) is 2. The zero-order valence-electron chi connectivity index (χ0n) is 11.6. The van der Waals surface area contributed by atoms with Crippen LogP contribution in [0, 0.1) is 21.7 Å². The van der Waals surface area contributed by atoms with Crippen LogP contribution in [0.4, 0.5) is 14.5 Å². The second-order valence-corrected chi connectivity index (χ2v) is 5.10. The molecule has 2 rings (SSSR count). The molecule has 1 heterocycles. The first-order valence-electron chi connectivity index (χ1n) is 6.90. The summed E-state index contributed by atoms with van der Waals surface area (Å²) in [7, 11) is 0. The van der Waals surface area contributed by atoms with E-state index in [0.717, 1.165) is 25.7 Å². The Balaban J connectivity index is 2.34. The fraction of sp³-hybridized carbons (Fsp3) is 0.500. The van der Waals surface area contributed by atoms with Crippen LogP contribution in [-0.2, 0) is 0 Å². The third-order valence-corrected chi connectivity index (χ3v) is 3.82. The molecule has 1 aromatic carbocycles. The molecule has 1 fully saturated rings. The standard InChI is InChI=1S/C14H16F2N2O3/c1-2-9-5-3-4-6-17(9)14(19)10-7-12(16)13(18(20)21)8-11(10)15/h7-9H,2-6H2,1H3. The highest BCUT2D eigenvalue weighted by Gasteiger charge is 2.30. The molecule has 0 aromatic heterocycles. The van der Waals surface area contributed by atoms with Gasteiger partial charge >= 0.3 is 5.69 Å². The molecule has 5 nitrogen and oxygen atoms in total. The lowest BCUT2D eigenvalue weighted by Crippen LogP contribution is -2.43. The predicted octanol–water partition coefficient (Wildman–Crippen LogP) is 3.28. The van der Waals surface area contributed by atoms with Crippen LogP contribution in [0.25, 0.3) is 0 Å². The normalized spacial score (nSPS) is 18.6. The molecule has 0 bridgehead atoms. The van der Waals surface area contributed by atoms with Gasteiger partial charge in [0.1, 0.15) is 5.82 Å². The number of halogens is 2. The van der Waals surface area contributed by atoms with Gasteiger partial charge in [0.2, 0.25) is 5.82 Å². The van der Waals surface area contributed by atoms with Crippen LogP contribution in [0.2, 0.25) is 0 Å². The van der Waals surface area contributed by atoms with E-state index in [1.54, 1.807) is 0 Å². The van der Waals surface area contributed by atoms with E-state index in [2.05, 4.69) is 0 Å². The molecule has 7 heteroatoms. The Morgan fingerprint density at radius 3 is 2.71 bits per heavy atom. The van der Waals surface area contributed by atoms with Crippen LogP contribution >= 0.6 is 0 Å². The van der Waals surface area contributed by atoms with Crippen molar-refractivity contribution in [1.82, 2.24) is 4.90 Å². The maximum atomic E-state index is 13.9. The highest BCUT2D eigenvalue weighted by atomic mass is 19.1. The summed E-state index contributed by atoms with van der Waals surface area (Å²) in [6.07, 6.45) is 3.39. The zero-order valence-corrected chi connectivity index (χ0v) is 11.6. The molecule has 0 aliphatic carbocycles. The van der Waals surface area contributed by atoms with Gasteiger partial charge < -0.3 is 4.90 Å². The third-order valence-electron chi connectivity index (χ3n) is 3.82. The lowest BCUT2D eigenvalue weighted by Gasteiger charge is -2.35. The fourth-order valence-electron chi connectivity index (χ4n) is 2.69. The number of carbonyl (C=O) groups excluding carboxylic acids is 1. The Kier molecular flexibility index (Phi) is 4.50. The molecule has 21 heavy (non-hydrogen) atoms. The summed E-state index contributed by atoms with van der Waals surface area (Å²) in [6, 6.07) is 1.09. The van der Waals surface area contributed by atoms with E-state index >= 15 is 0 Å². The first-order valence-corrected chi connectivity index (χ1v) is 6.90. The van der Waals surface area contributed by atoms with E-state index in [-0.39, 0.29) is 6.04 Å². The van der Waals surface area contributed by atoms with Crippen molar-refractivity contribution in [1.29, 1.82) is 0 Å². The quantitative estimate of drug-likeness (QED) is 0.635. The zero-order chi connectivity index (χ0) is 15.6. The van der Waals surface area contributed by atoms with Crippen LogP contribution in [0.1, 0.15) is 43.0 Å². The molecule has 1 amide bonds. The highest BCUT2D eigenvalue weighted by Crippen LogP contribution is 2.26. The summed E-state index contributed by atoms with van der Waals surface area (Å²) in [5.74, 6) is -2.86. The monoisotopic (exact) mass is 298 g/mol. The van der Waals surface area contributed by atoms with E-state index in [9.17, 15) is 23.7 Å². The molecule has 0 saturated carbocycles.